The van der Waals surface area contributed by atoms with Gasteiger partial charge in [-0.1, -0.05) is 53.6 Å². The maximum atomic E-state index is 12.7. The molecule has 0 atom stereocenters. The van der Waals surface area contributed by atoms with Crippen molar-refractivity contribution in [3.8, 4) is 5.75 Å². The topological polar surface area (TPSA) is 56.1 Å². The highest BCUT2D eigenvalue weighted by Crippen LogP contribution is 2.20. The van der Waals surface area contributed by atoms with Gasteiger partial charge in [0.1, 0.15) is 12.4 Å². The fraction of sp³-hybridized carbons (Fsp3) is 0.154. The van der Waals surface area contributed by atoms with Gasteiger partial charge in [0.15, 0.2) is 5.82 Å². The van der Waals surface area contributed by atoms with E-state index >= 15 is 0 Å². The normalized spacial score (nSPS) is 10.7. The number of nitrogens with zero attached hydrogens (tertiary/aromatic N) is 2. The van der Waals surface area contributed by atoms with Crippen molar-refractivity contribution in [1.29, 1.82) is 0 Å². The van der Waals surface area contributed by atoms with Crippen molar-refractivity contribution >= 4 is 23.3 Å². The summed E-state index contributed by atoms with van der Waals surface area (Å²) in [4.78, 5) is 12.7. The van der Waals surface area contributed by atoms with E-state index in [1.165, 1.54) is 5.56 Å². The summed E-state index contributed by atoms with van der Waals surface area (Å²) in [6.07, 6.45) is 1.83. The van der Waals surface area contributed by atoms with Crippen molar-refractivity contribution < 1.29 is 9.53 Å². The van der Waals surface area contributed by atoms with E-state index < -0.39 is 0 Å². The Morgan fingerprint density at radius 1 is 1.00 bits per heavy atom. The molecule has 0 saturated carbocycles. The molecule has 1 amide bonds. The Balaban J connectivity index is 1.37. The molecule has 0 bridgehead atoms. The van der Waals surface area contributed by atoms with Crippen LogP contribution in [-0.4, -0.2) is 15.7 Å². The minimum absolute atomic E-state index is 0.213. The van der Waals surface area contributed by atoms with Crippen molar-refractivity contribution in [3.05, 3.63) is 112 Å². The predicted molar refractivity (Wildman–Crippen MR) is 127 cm³/mol. The zero-order valence-electron chi connectivity index (χ0n) is 18.0. The fourth-order valence-electron chi connectivity index (χ4n) is 3.41. The first-order chi connectivity index (χ1) is 15.5. The fourth-order valence-corrected chi connectivity index (χ4v) is 3.53. The number of anilines is 1. The van der Waals surface area contributed by atoms with Crippen LogP contribution in [0.4, 0.5) is 5.82 Å². The minimum atomic E-state index is -0.213. The van der Waals surface area contributed by atoms with Gasteiger partial charge in [0.25, 0.3) is 5.91 Å². The molecule has 0 unspecified atom stereocenters. The van der Waals surface area contributed by atoms with Gasteiger partial charge in [0.2, 0.25) is 0 Å². The molecule has 1 N–H and O–H groups in total. The van der Waals surface area contributed by atoms with Crippen LogP contribution >= 0.6 is 11.6 Å². The standard InChI is InChI=1S/C26H24ClN3O2/c1-18-6-11-24(19(2)14-18)32-17-21-4-3-5-22(15-21)26(31)28-25-12-13-30(29-25)16-20-7-9-23(27)10-8-20/h3-15H,16-17H2,1-2H3,(H,28,29,31). The zero-order chi connectivity index (χ0) is 22.5. The van der Waals surface area contributed by atoms with Gasteiger partial charge < -0.3 is 10.1 Å². The quantitative estimate of drug-likeness (QED) is 0.377. The molecule has 3 aromatic carbocycles. The lowest BCUT2D eigenvalue weighted by Crippen LogP contribution is -2.13. The summed E-state index contributed by atoms with van der Waals surface area (Å²) < 4.78 is 7.71. The number of amides is 1. The molecule has 0 spiro atoms. The third-order valence-corrected chi connectivity index (χ3v) is 5.31. The molecule has 0 fully saturated rings. The van der Waals surface area contributed by atoms with Crippen LogP contribution in [0, 0.1) is 13.8 Å². The number of carbonyl (C=O) groups is 1. The van der Waals surface area contributed by atoms with E-state index in [9.17, 15) is 4.79 Å². The predicted octanol–water partition coefficient (Wildman–Crippen LogP) is 6.03. The number of benzene rings is 3. The number of hydrogen-bond acceptors (Lipinski definition) is 3. The van der Waals surface area contributed by atoms with Gasteiger partial charge in [0.05, 0.1) is 6.54 Å². The molecule has 0 aliphatic rings. The summed E-state index contributed by atoms with van der Waals surface area (Å²) in [6, 6.07) is 22.9. The SMILES string of the molecule is Cc1ccc(OCc2cccc(C(=O)Nc3ccn(Cc4ccc(Cl)cc4)n3)c2)c(C)c1. The molecule has 0 aliphatic carbocycles. The van der Waals surface area contributed by atoms with Gasteiger partial charge in [-0.05, 0) is 60.9 Å². The van der Waals surface area contributed by atoms with Crippen molar-refractivity contribution in [1.82, 2.24) is 9.78 Å². The molecule has 0 saturated heterocycles. The van der Waals surface area contributed by atoms with E-state index in [2.05, 4.69) is 23.4 Å². The van der Waals surface area contributed by atoms with Crippen LogP contribution in [0.5, 0.6) is 5.75 Å². The van der Waals surface area contributed by atoms with Crippen LogP contribution in [0.25, 0.3) is 0 Å². The Bertz CT molecular complexity index is 1230. The molecule has 6 heteroatoms. The van der Waals surface area contributed by atoms with Crippen LogP contribution in [0.2, 0.25) is 5.02 Å². The van der Waals surface area contributed by atoms with Gasteiger partial charge in [0, 0.05) is 22.8 Å². The van der Waals surface area contributed by atoms with Crippen LogP contribution in [-0.2, 0) is 13.2 Å². The molecule has 1 heterocycles. The number of rotatable bonds is 7. The molecular formula is C26H24ClN3O2. The smallest absolute Gasteiger partial charge is 0.256 e. The molecule has 0 radical (unpaired) electrons. The molecular weight excluding hydrogens is 422 g/mol. The number of aryl methyl sites for hydroxylation is 2. The second-order valence-corrected chi connectivity index (χ2v) is 8.17. The number of halogens is 1. The lowest BCUT2D eigenvalue weighted by molar-refractivity contribution is 0.102. The number of aromatic nitrogens is 2. The Hall–Kier alpha value is -3.57. The van der Waals surface area contributed by atoms with Crippen LogP contribution in [0.3, 0.4) is 0 Å². The number of ether oxygens (including phenoxy) is 1. The van der Waals surface area contributed by atoms with E-state index in [1.54, 1.807) is 16.8 Å². The first kappa shape index (κ1) is 21.7. The average molecular weight is 446 g/mol. The molecule has 162 valence electrons. The number of nitrogens with one attached hydrogen (secondary N) is 1. The maximum Gasteiger partial charge on any atom is 0.256 e. The summed E-state index contributed by atoms with van der Waals surface area (Å²) in [5.41, 5.74) is 4.84. The van der Waals surface area contributed by atoms with Gasteiger partial charge in [-0.3, -0.25) is 9.48 Å². The third kappa shape index (κ3) is 5.56. The second-order valence-electron chi connectivity index (χ2n) is 7.74. The second kappa shape index (κ2) is 9.71. The summed E-state index contributed by atoms with van der Waals surface area (Å²) in [7, 11) is 0. The summed E-state index contributed by atoms with van der Waals surface area (Å²) in [6.45, 7) is 5.07. The number of hydrogen-bond donors (Lipinski definition) is 1. The highest BCUT2D eigenvalue weighted by Gasteiger charge is 2.10. The molecule has 4 aromatic rings. The van der Waals surface area contributed by atoms with E-state index in [4.69, 9.17) is 16.3 Å². The third-order valence-electron chi connectivity index (χ3n) is 5.05. The summed E-state index contributed by atoms with van der Waals surface area (Å²) >= 11 is 5.93. The average Bonchev–Trinajstić information content (AvgIpc) is 3.21. The first-order valence-corrected chi connectivity index (χ1v) is 10.7. The molecule has 32 heavy (non-hydrogen) atoms. The molecule has 1 aromatic heterocycles. The summed E-state index contributed by atoms with van der Waals surface area (Å²) in [5, 5.41) is 7.99. The largest absolute Gasteiger partial charge is 0.489 e. The highest BCUT2D eigenvalue weighted by molar-refractivity contribution is 6.30. The molecule has 5 nitrogen and oxygen atoms in total. The van der Waals surface area contributed by atoms with E-state index in [-0.39, 0.29) is 5.91 Å². The van der Waals surface area contributed by atoms with E-state index in [0.29, 0.717) is 29.6 Å². The van der Waals surface area contributed by atoms with Crippen molar-refractivity contribution in [3.63, 3.8) is 0 Å². The van der Waals surface area contributed by atoms with Crippen molar-refractivity contribution in [2.24, 2.45) is 0 Å². The van der Waals surface area contributed by atoms with Crippen LogP contribution in [0.1, 0.15) is 32.6 Å². The Kier molecular flexibility index (Phi) is 6.57. The van der Waals surface area contributed by atoms with Crippen LogP contribution in [0.15, 0.2) is 79.0 Å². The first-order valence-electron chi connectivity index (χ1n) is 10.3. The zero-order valence-corrected chi connectivity index (χ0v) is 18.8. The van der Waals surface area contributed by atoms with Crippen molar-refractivity contribution in [2.45, 2.75) is 27.0 Å². The lowest BCUT2D eigenvalue weighted by Gasteiger charge is -2.10. The minimum Gasteiger partial charge on any atom is -0.489 e. The maximum absolute atomic E-state index is 12.7. The van der Waals surface area contributed by atoms with E-state index in [0.717, 1.165) is 22.4 Å². The van der Waals surface area contributed by atoms with Gasteiger partial charge in [-0.15, -0.1) is 0 Å². The Morgan fingerprint density at radius 2 is 1.81 bits per heavy atom. The summed E-state index contributed by atoms with van der Waals surface area (Å²) in [5.74, 6) is 1.13. The van der Waals surface area contributed by atoms with Crippen LogP contribution < -0.4 is 10.1 Å². The molecule has 4 rings (SSSR count). The van der Waals surface area contributed by atoms with Gasteiger partial charge >= 0.3 is 0 Å². The Morgan fingerprint density at radius 3 is 2.59 bits per heavy atom. The van der Waals surface area contributed by atoms with E-state index in [1.807, 2.05) is 67.7 Å². The lowest BCUT2D eigenvalue weighted by atomic mass is 10.1. The highest BCUT2D eigenvalue weighted by atomic mass is 35.5. The van der Waals surface area contributed by atoms with Crippen molar-refractivity contribution in [2.75, 3.05) is 5.32 Å². The number of carbonyl (C=O) groups excluding carboxylic acids is 1. The molecule has 0 aliphatic heterocycles. The van der Waals surface area contributed by atoms with Gasteiger partial charge in [-0.2, -0.15) is 5.10 Å². The Labute approximate surface area is 192 Å². The monoisotopic (exact) mass is 445 g/mol. The van der Waals surface area contributed by atoms with Gasteiger partial charge in [-0.25, -0.2) is 0 Å².